The van der Waals surface area contributed by atoms with Gasteiger partial charge >= 0.3 is 0 Å². The molecule has 0 aliphatic rings. The summed E-state index contributed by atoms with van der Waals surface area (Å²) < 4.78 is 0. The van der Waals surface area contributed by atoms with E-state index in [-0.39, 0.29) is 23.7 Å². The third-order valence-corrected chi connectivity index (χ3v) is 2.48. The Morgan fingerprint density at radius 2 is 1.84 bits per heavy atom. The number of Topliss-reactive ketones (excluding diaryl/α,β-unsaturated/α-hetero) is 1. The van der Waals surface area contributed by atoms with Crippen molar-refractivity contribution in [2.75, 3.05) is 5.32 Å². The van der Waals surface area contributed by atoms with Crippen LogP contribution in [0.2, 0.25) is 0 Å². The van der Waals surface area contributed by atoms with Gasteiger partial charge in [0.25, 0.3) is 5.56 Å². The third kappa shape index (κ3) is 3.41. The molecule has 3 N–H and O–H groups in total. The fourth-order valence-corrected chi connectivity index (χ4v) is 1.65. The number of carbonyl (C=O) groups excluding carboxylic acids is 2. The molecular formula is C13H13N3O3. The highest BCUT2D eigenvalue weighted by Gasteiger charge is 2.06. The van der Waals surface area contributed by atoms with Crippen LogP contribution in [-0.2, 0) is 9.59 Å². The minimum Gasteiger partial charge on any atom is -0.326 e. The second-order valence-corrected chi connectivity index (χ2v) is 4.18. The van der Waals surface area contributed by atoms with Crippen molar-refractivity contribution in [1.82, 2.24) is 10.2 Å². The summed E-state index contributed by atoms with van der Waals surface area (Å²) in [6.07, 6.45) is -0.132. The van der Waals surface area contributed by atoms with Crippen molar-refractivity contribution < 1.29 is 9.59 Å². The van der Waals surface area contributed by atoms with Crippen LogP contribution in [0.15, 0.2) is 35.1 Å². The highest BCUT2D eigenvalue weighted by atomic mass is 16.2. The lowest BCUT2D eigenvalue weighted by molar-refractivity contribution is -0.124. The Bertz CT molecular complexity index is 652. The number of ketones is 1. The van der Waals surface area contributed by atoms with E-state index in [0.29, 0.717) is 11.4 Å². The molecule has 0 atom stereocenters. The molecule has 6 heteroatoms. The first-order valence-electron chi connectivity index (χ1n) is 5.72. The molecule has 0 unspecified atom stereocenters. The molecule has 2 rings (SSSR count). The van der Waals surface area contributed by atoms with Gasteiger partial charge in [0.05, 0.1) is 12.1 Å². The van der Waals surface area contributed by atoms with Crippen LogP contribution in [0.3, 0.4) is 0 Å². The second kappa shape index (κ2) is 5.34. The van der Waals surface area contributed by atoms with Crippen LogP contribution in [0.1, 0.15) is 13.3 Å². The van der Waals surface area contributed by atoms with Crippen molar-refractivity contribution in [3.05, 3.63) is 40.7 Å². The van der Waals surface area contributed by atoms with E-state index in [9.17, 15) is 14.4 Å². The van der Waals surface area contributed by atoms with Gasteiger partial charge in [-0.25, -0.2) is 0 Å². The molecule has 0 fully saturated rings. The molecule has 98 valence electrons. The van der Waals surface area contributed by atoms with E-state index in [1.54, 1.807) is 24.3 Å². The molecule has 0 saturated heterocycles. The number of aromatic amines is 2. The average molecular weight is 259 g/mol. The van der Waals surface area contributed by atoms with Crippen molar-refractivity contribution >= 4 is 17.4 Å². The molecule has 1 aromatic carbocycles. The van der Waals surface area contributed by atoms with Gasteiger partial charge in [0.15, 0.2) is 0 Å². The normalized spacial score (nSPS) is 10.2. The SMILES string of the molecule is CC(=O)CC(=O)Nc1ccc(-c2cc(=O)[nH][nH]2)cc1. The maximum atomic E-state index is 11.4. The number of rotatable bonds is 4. The van der Waals surface area contributed by atoms with E-state index < -0.39 is 0 Å². The molecule has 0 aliphatic carbocycles. The molecule has 0 saturated carbocycles. The van der Waals surface area contributed by atoms with Crippen LogP contribution in [-0.4, -0.2) is 21.9 Å². The summed E-state index contributed by atoms with van der Waals surface area (Å²) in [6.45, 7) is 1.37. The van der Waals surface area contributed by atoms with Gasteiger partial charge in [-0.2, -0.15) is 0 Å². The Morgan fingerprint density at radius 1 is 1.16 bits per heavy atom. The number of hydrogen-bond acceptors (Lipinski definition) is 3. The summed E-state index contributed by atoms with van der Waals surface area (Å²) in [5.41, 5.74) is 1.90. The van der Waals surface area contributed by atoms with E-state index in [1.807, 2.05) is 0 Å². The van der Waals surface area contributed by atoms with E-state index in [0.717, 1.165) is 5.56 Å². The third-order valence-electron chi connectivity index (χ3n) is 2.48. The predicted molar refractivity (Wildman–Crippen MR) is 70.8 cm³/mol. The van der Waals surface area contributed by atoms with Gasteiger partial charge < -0.3 is 5.32 Å². The van der Waals surface area contributed by atoms with Gasteiger partial charge in [0.1, 0.15) is 5.78 Å². The quantitative estimate of drug-likeness (QED) is 0.722. The van der Waals surface area contributed by atoms with Crippen LogP contribution in [0.25, 0.3) is 11.3 Å². The maximum Gasteiger partial charge on any atom is 0.264 e. The fourth-order valence-electron chi connectivity index (χ4n) is 1.65. The Labute approximate surface area is 108 Å². The summed E-state index contributed by atoms with van der Waals surface area (Å²) in [5.74, 6) is -0.519. The summed E-state index contributed by atoms with van der Waals surface area (Å²) in [6, 6.07) is 8.39. The van der Waals surface area contributed by atoms with Gasteiger partial charge in [0, 0.05) is 11.8 Å². The summed E-state index contributed by atoms with van der Waals surface area (Å²) in [5, 5.41) is 7.80. The summed E-state index contributed by atoms with van der Waals surface area (Å²) in [7, 11) is 0. The monoisotopic (exact) mass is 259 g/mol. The van der Waals surface area contributed by atoms with Crippen molar-refractivity contribution in [1.29, 1.82) is 0 Å². The number of anilines is 1. The zero-order valence-corrected chi connectivity index (χ0v) is 10.3. The minimum atomic E-state index is -0.338. The fraction of sp³-hybridized carbons (Fsp3) is 0.154. The summed E-state index contributed by atoms with van der Waals surface area (Å²) in [4.78, 5) is 33.2. The molecule has 0 radical (unpaired) electrons. The molecule has 0 aliphatic heterocycles. The Morgan fingerprint density at radius 3 is 2.37 bits per heavy atom. The molecule has 1 heterocycles. The topological polar surface area (TPSA) is 94.8 Å². The molecule has 19 heavy (non-hydrogen) atoms. The first-order chi connectivity index (χ1) is 9.04. The van der Waals surface area contributed by atoms with E-state index in [1.165, 1.54) is 13.0 Å². The zero-order valence-electron chi connectivity index (χ0n) is 10.3. The second-order valence-electron chi connectivity index (χ2n) is 4.18. The van der Waals surface area contributed by atoms with Crippen LogP contribution < -0.4 is 10.9 Å². The first-order valence-corrected chi connectivity index (χ1v) is 5.72. The van der Waals surface area contributed by atoms with Crippen molar-refractivity contribution in [3.63, 3.8) is 0 Å². The molecule has 0 spiro atoms. The molecule has 1 aromatic heterocycles. The summed E-state index contributed by atoms with van der Waals surface area (Å²) >= 11 is 0. The Kier molecular flexibility index (Phi) is 3.61. The van der Waals surface area contributed by atoms with E-state index in [2.05, 4.69) is 15.5 Å². The average Bonchev–Trinajstić information content (AvgIpc) is 2.75. The zero-order chi connectivity index (χ0) is 13.8. The van der Waals surface area contributed by atoms with Gasteiger partial charge in [-0.15, -0.1) is 0 Å². The first kappa shape index (κ1) is 12.8. The molecular weight excluding hydrogens is 246 g/mol. The smallest absolute Gasteiger partial charge is 0.264 e. The highest BCUT2D eigenvalue weighted by Crippen LogP contribution is 2.18. The van der Waals surface area contributed by atoms with Gasteiger partial charge in [-0.1, -0.05) is 12.1 Å². The lowest BCUT2D eigenvalue weighted by Gasteiger charge is -2.04. The Balaban J connectivity index is 2.08. The number of carbonyl (C=O) groups is 2. The van der Waals surface area contributed by atoms with Crippen LogP contribution in [0.4, 0.5) is 5.69 Å². The predicted octanol–water partition coefficient (Wildman–Crippen LogP) is 1.29. The van der Waals surface area contributed by atoms with Gasteiger partial charge in [-0.3, -0.25) is 24.6 Å². The highest BCUT2D eigenvalue weighted by molar-refractivity contribution is 6.03. The number of amides is 1. The molecule has 2 aromatic rings. The van der Waals surface area contributed by atoms with Crippen molar-refractivity contribution in [2.45, 2.75) is 13.3 Å². The van der Waals surface area contributed by atoms with E-state index >= 15 is 0 Å². The standard InChI is InChI=1S/C13H13N3O3/c1-8(17)6-12(18)14-10-4-2-9(3-5-10)11-7-13(19)16-15-11/h2-5,7H,6H2,1H3,(H,14,18)(H2,15,16,19). The molecule has 6 nitrogen and oxygen atoms in total. The lowest BCUT2D eigenvalue weighted by atomic mass is 10.1. The van der Waals surface area contributed by atoms with Gasteiger partial charge in [-0.05, 0) is 24.6 Å². The van der Waals surface area contributed by atoms with Crippen LogP contribution in [0.5, 0.6) is 0 Å². The number of hydrogen-bond donors (Lipinski definition) is 3. The Hall–Kier alpha value is -2.63. The number of aromatic nitrogens is 2. The van der Waals surface area contributed by atoms with E-state index in [4.69, 9.17) is 0 Å². The van der Waals surface area contributed by atoms with Crippen LogP contribution >= 0.6 is 0 Å². The lowest BCUT2D eigenvalue weighted by Crippen LogP contribution is -2.14. The number of H-pyrrole nitrogens is 2. The van der Waals surface area contributed by atoms with Crippen LogP contribution in [0, 0.1) is 0 Å². The van der Waals surface area contributed by atoms with Crippen molar-refractivity contribution in [2.24, 2.45) is 0 Å². The minimum absolute atomic E-state index is 0.132. The molecule has 1 amide bonds. The maximum absolute atomic E-state index is 11.4. The number of benzene rings is 1. The van der Waals surface area contributed by atoms with Crippen molar-refractivity contribution in [3.8, 4) is 11.3 Å². The largest absolute Gasteiger partial charge is 0.326 e. The molecule has 0 bridgehead atoms. The van der Waals surface area contributed by atoms with Gasteiger partial charge in [0.2, 0.25) is 5.91 Å². The number of nitrogens with one attached hydrogen (secondary N) is 3.